The number of hydrogen-bond donors (Lipinski definition) is 3. The highest BCUT2D eigenvalue weighted by Gasteiger charge is 2.14. The average Bonchev–Trinajstić information content (AvgIpc) is 1.99. The molecule has 0 heterocycles. The van der Waals surface area contributed by atoms with Gasteiger partial charge in [0.05, 0.1) is 6.54 Å². The van der Waals surface area contributed by atoms with Crippen molar-refractivity contribution >= 4 is 11.9 Å². The Bertz CT molecular complexity index is 179. The second-order valence-electron chi connectivity index (χ2n) is 1.82. The van der Waals surface area contributed by atoms with Gasteiger partial charge in [-0.1, -0.05) is 6.08 Å². The van der Waals surface area contributed by atoms with E-state index in [1.807, 2.05) is 0 Å². The van der Waals surface area contributed by atoms with Gasteiger partial charge in [0, 0.05) is 0 Å². The van der Waals surface area contributed by atoms with Gasteiger partial charge in [0.15, 0.2) is 0 Å². The van der Waals surface area contributed by atoms with Crippen LogP contribution in [0.5, 0.6) is 0 Å². The fourth-order valence-electron chi connectivity index (χ4n) is 0.454. The number of carboxylic acid groups (broad SMARTS) is 1. The first kappa shape index (κ1) is 9.64. The molecule has 0 radical (unpaired) electrons. The molecular weight excluding hydrogens is 148 g/mol. The van der Waals surface area contributed by atoms with Gasteiger partial charge in [0.1, 0.15) is 6.04 Å². The Kier molecular flexibility index (Phi) is 3.90. The van der Waals surface area contributed by atoms with Crippen LogP contribution < -0.4 is 11.1 Å². The lowest BCUT2D eigenvalue weighted by molar-refractivity contribution is -0.140. The number of hydrogen-bond acceptors (Lipinski definition) is 3. The summed E-state index contributed by atoms with van der Waals surface area (Å²) in [4.78, 5) is 20.8. The lowest BCUT2D eigenvalue weighted by Gasteiger charge is -2.07. The van der Waals surface area contributed by atoms with Crippen LogP contribution >= 0.6 is 0 Å². The zero-order valence-corrected chi connectivity index (χ0v) is 5.91. The topological polar surface area (TPSA) is 92.4 Å². The Hall–Kier alpha value is -1.36. The highest BCUT2D eigenvalue weighted by Crippen LogP contribution is 1.83. The average molecular weight is 158 g/mol. The van der Waals surface area contributed by atoms with E-state index in [4.69, 9.17) is 10.8 Å². The molecule has 5 heteroatoms. The van der Waals surface area contributed by atoms with Crippen molar-refractivity contribution in [2.24, 2.45) is 5.73 Å². The predicted molar refractivity (Wildman–Crippen MR) is 38.8 cm³/mol. The van der Waals surface area contributed by atoms with Crippen LogP contribution in [0.1, 0.15) is 0 Å². The van der Waals surface area contributed by atoms with Gasteiger partial charge in [0.2, 0.25) is 5.91 Å². The molecule has 1 atom stereocenters. The molecule has 0 saturated heterocycles. The van der Waals surface area contributed by atoms with Gasteiger partial charge in [-0.2, -0.15) is 0 Å². The summed E-state index contributed by atoms with van der Waals surface area (Å²) >= 11 is 0. The van der Waals surface area contributed by atoms with Crippen LogP contribution in [0.4, 0.5) is 0 Å². The van der Waals surface area contributed by atoms with E-state index in [0.717, 1.165) is 6.08 Å². The van der Waals surface area contributed by atoms with Gasteiger partial charge in [-0.15, -0.1) is 6.58 Å². The molecule has 1 amide bonds. The van der Waals surface area contributed by atoms with E-state index in [9.17, 15) is 9.59 Å². The minimum absolute atomic E-state index is 0.225. The molecule has 0 aliphatic heterocycles. The third-order valence-electron chi connectivity index (χ3n) is 1.00. The summed E-state index contributed by atoms with van der Waals surface area (Å²) in [6, 6.07) is -1.05. The zero-order valence-electron chi connectivity index (χ0n) is 5.91. The maximum Gasteiger partial charge on any atom is 0.330 e. The molecule has 4 N–H and O–H groups in total. The minimum atomic E-state index is -1.15. The minimum Gasteiger partial charge on any atom is -0.479 e. The molecule has 0 aliphatic rings. The van der Waals surface area contributed by atoms with Crippen molar-refractivity contribution in [2.45, 2.75) is 6.04 Å². The van der Waals surface area contributed by atoms with E-state index < -0.39 is 17.9 Å². The number of carboxylic acids is 1. The third-order valence-corrected chi connectivity index (χ3v) is 1.00. The molecule has 0 rings (SSSR count). The van der Waals surface area contributed by atoms with Gasteiger partial charge < -0.3 is 16.2 Å². The number of aliphatic carboxylic acids is 1. The standard InChI is InChI=1S/C6H10N2O3/c1-2-4(6(10)11)8-5(9)3-7/h2,4H,1,3,7H2,(H,8,9)(H,10,11)/t4-/m1/s1. The Labute approximate surface area is 63.9 Å². The number of amides is 1. The first-order chi connectivity index (χ1) is 5.11. The van der Waals surface area contributed by atoms with E-state index in [-0.39, 0.29) is 6.54 Å². The van der Waals surface area contributed by atoms with Crippen molar-refractivity contribution in [3.63, 3.8) is 0 Å². The van der Waals surface area contributed by atoms with Gasteiger partial charge in [-0.05, 0) is 0 Å². The number of nitrogens with one attached hydrogen (secondary N) is 1. The molecule has 0 bridgehead atoms. The lowest BCUT2D eigenvalue weighted by Crippen LogP contribution is -2.42. The monoisotopic (exact) mass is 158 g/mol. The second-order valence-corrected chi connectivity index (χ2v) is 1.82. The van der Waals surface area contributed by atoms with Crippen LogP contribution in [0.25, 0.3) is 0 Å². The molecule has 0 aromatic carbocycles. The summed E-state index contributed by atoms with van der Waals surface area (Å²) in [5.41, 5.74) is 4.94. The van der Waals surface area contributed by atoms with Crippen LogP contribution in [0, 0.1) is 0 Å². The summed E-state index contributed by atoms with van der Waals surface area (Å²) in [5.74, 6) is -1.67. The molecule has 5 nitrogen and oxygen atoms in total. The van der Waals surface area contributed by atoms with Crippen molar-refractivity contribution in [3.05, 3.63) is 12.7 Å². The van der Waals surface area contributed by atoms with Crippen molar-refractivity contribution in [2.75, 3.05) is 6.54 Å². The first-order valence-electron chi connectivity index (χ1n) is 2.96. The molecule has 0 unspecified atom stereocenters. The fraction of sp³-hybridized carbons (Fsp3) is 0.333. The largest absolute Gasteiger partial charge is 0.479 e. The quantitative estimate of drug-likeness (QED) is 0.443. The van der Waals surface area contributed by atoms with Crippen molar-refractivity contribution < 1.29 is 14.7 Å². The summed E-state index contributed by atoms with van der Waals surface area (Å²) in [6.45, 7) is 3.01. The molecule has 62 valence electrons. The Balaban J connectivity index is 3.98. The van der Waals surface area contributed by atoms with E-state index >= 15 is 0 Å². The molecule has 11 heavy (non-hydrogen) atoms. The summed E-state index contributed by atoms with van der Waals surface area (Å²) in [5, 5.41) is 10.5. The van der Waals surface area contributed by atoms with Crippen LogP contribution in [0.15, 0.2) is 12.7 Å². The molecule has 0 aromatic heterocycles. The SMILES string of the molecule is C=C[C@@H](NC(=O)CN)C(=O)O. The fourth-order valence-corrected chi connectivity index (χ4v) is 0.454. The molecule has 0 spiro atoms. The second kappa shape index (κ2) is 4.45. The van der Waals surface area contributed by atoms with E-state index in [0.29, 0.717) is 0 Å². The highest BCUT2D eigenvalue weighted by atomic mass is 16.4. The highest BCUT2D eigenvalue weighted by molar-refractivity contribution is 5.85. The zero-order chi connectivity index (χ0) is 8.85. The van der Waals surface area contributed by atoms with Crippen molar-refractivity contribution in [1.29, 1.82) is 0 Å². The van der Waals surface area contributed by atoms with Gasteiger partial charge in [-0.25, -0.2) is 4.79 Å². The van der Waals surface area contributed by atoms with E-state index in [1.54, 1.807) is 0 Å². The number of rotatable bonds is 4. The maximum atomic E-state index is 10.5. The predicted octanol–water partition coefficient (Wildman–Crippen LogP) is -1.30. The van der Waals surface area contributed by atoms with Gasteiger partial charge in [0.25, 0.3) is 0 Å². The van der Waals surface area contributed by atoms with E-state index in [1.165, 1.54) is 0 Å². The molecular formula is C6H10N2O3. The Morgan fingerprint density at radius 3 is 2.55 bits per heavy atom. The number of nitrogens with two attached hydrogens (primary N) is 1. The summed E-state index contributed by atoms with van der Waals surface area (Å²) in [6.07, 6.45) is 1.12. The summed E-state index contributed by atoms with van der Waals surface area (Å²) in [7, 11) is 0. The smallest absolute Gasteiger partial charge is 0.330 e. The van der Waals surface area contributed by atoms with E-state index in [2.05, 4.69) is 11.9 Å². The van der Waals surface area contributed by atoms with Crippen LogP contribution in [0.2, 0.25) is 0 Å². The van der Waals surface area contributed by atoms with Crippen molar-refractivity contribution in [3.8, 4) is 0 Å². The Morgan fingerprint density at radius 2 is 2.27 bits per heavy atom. The molecule has 0 aliphatic carbocycles. The lowest BCUT2D eigenvalue weighted by atomic mass is 10.3. The molecule has 0 saturated carbocycles. The molecule has 0 fully saturated rings. The van der Waals surface area contributed by atoms with Gasteiger partial charge in [-0.3, -0.25) is 4.79 Å². The van der Waals surface area contributed by atoms with Crippen LogP contribution in [-0.4, -0.2) is 29.6 Å². The Morgan fingerprint density at radius 1 is 1.73 bits per heavy atom. The number of carbonyl (C=O) groups excluding carboxylic acids is 1. The third kappa shape index (κ3) is 3.36. The van der Waals surface area contributed by atoms with Crippen LogP contribution in [0.3, 0.4) is 0 Å². The van der Waals surface area contributed by atoms with Gasteiger partial charge >= 0.3 is 5.97 Å². The first-order valence-corrected chi connectivity index (χ1v) is 2.96. The maximum absolute atomic E-state index is 10.5. The van der Waals surface area contributed by atoms with Crippen LogP contribution in [-0.2, 0) is 9.59 Å². The summed E-state index contributed by atoms with van der Waals surface area (Å²) < 4.78 is 0. The number of carbonyl (C=O) groups is 2. The van der Waals surface area contributed by atoms with Crippen molar-refractivity contribution in [1.82, 2.24) is 5.32 Å². The normalized spacial score (nSPS) is 11.7. The molecule has 0 aromatic rings.